The quantitative estimate of drug-likeness (QED) is 0.889. The number of halogens is 1. The van der Waals surface area contributed by atoms with Crippen molar-refractivity contribution in [2.75, 3.05) is 30.3 Å². The molecule has 1 unspecified atom stereocenters. The fraction of sp³-hybridized carbons (Fsp3) is 0.636. The molecule has 94 valence electrons. The minimum atomic E-state index is 0.266. The largest absolute Gasteiger partial charge is 0.382 e. The highest BCUT2D eigenvalue weighted by Crippen LogP contribution is 2.27. The van der Waals surface area contributed by atoms with Crippen molar-refractivity contribution >= 4 is 23.2 Å². The van der Waals surface area contributed by atoms with E-state index < -0.39 is 0 Å². The third-order valence-corrected chi connectivity index (χ3v) is 3.29. The molecule has 1 aromatic heterocycles. The monoisotopic (exact) mass is 256 g/mol. The van der Waals surface area contributed by atoms with Crippen LogP contribution in [0.4, 0.5) is 11.6 Å². The number of likely N-dealkylation sites (N-methyl/N-ethyl adjacent to an activating group) is 1. The first-order valence-corrected chi connectivity index (χ1v) is 6.22. The van der Waals surface area contributed by atoms with Gasteiger partial charge in [0.15, 0.2) is 5.82 Å². The molecule has 1 fully saturated rings. The van der Waals surface area contributed by atoms with Crippen molar-refractivity contribution in [1.29, 1.82) is 0 Å². The van der Waals surface area contributed by atoms with Crippen LogP contribution < -0.4 is 10.6 Å². The van der Waals surface area contributed by atoms with Crippen LogP contribution >= 0.6 is 11.6 Å². The Hall–Kier alpha value is -1.07. The van der Waals surface area contributed by atoms with E-state index in [0.717, 1.165) is 32.5 Å². The molecule has 0 bridgehead atoms. The highest BCUT2D eigenvalue weighted by Gasteiger charge is 2.21. The molecule has 5 nitrogen and oxygen atoms in total. The summed E-state index contributed by atoms with van der Waals surface area (Å²) in [5.74, 6) is 1.01. The number of nitrogens with zero attached hydrogens (tertiary/aromatic N) is 3. The molecule has 2 rings (SSSR count). The standard InChI is InChI=1S/C11H17ClN4O/c1-2-16(6-8-4-3-5-17-8)11-9(12)10(13)14-7-15-11/h7-8H,2-6H2,1H3,(H2,13,14,15). The Kier molecular flexibility index (Phi) is 4.02. The van der Waals surface area contributed by atoms with E-state index in [0.29, 0.717) is 16.7 Å². The Morgan fingerprint density at radius 3 is 3.06 bits per heavy atom. The molecule has 1 saturated heterocycles. The highest BCUT2D eigenvalue weighted by atomic mass is 35.5. The van der Waals surface area contributed by atoms with Crippen LogP contribution in [-0.4, -0.2) is 35.8 Å². The second-order valence-electron chi connectivity index (χ2n) is 4.07. The topological polar surface area (TPSA) is 64.3 Å². The number of nitrogen functional groups attached to an aromatic ring is 1. The lowest BCUT2D eigenvalue weighted by molar-refractivity contribution is 0.115. The summed E-state index contributed by atoms with van der Waals surface area (Å²) < 4.78 is 5.62. The van der Waals surface area contributed by atoms with Crippen molar-refractivity contribution in [1.82, 2.24) is 9.97 Å². The average molecular weight is 257 g/mol. The number of hydrogen-bond acceptors (Lipinski definition) is 5. The maximum absolute atomic E-state index is 6.12. The van der Waals surface area contributed by atoms with Gasteiger partial charge in [0.25, 0.3) is 0 Å². The minimum Gasteiger partial charge on any atom is -0.382 e. The number of nitrogens with two attached hydrogens (primary N) is 1. The molecule has 0 spiro atoms. The molecule has 1 aromatic rings. The third kappa shape index (κ3) is 2.79. The summed E-state index contributed by atoms with van der Waals surface area (Å²) in [6.45, 7) is 4.52. The third-order valence-electron chi connectivity index (χ3n) is 2.93. The van der Waals surface area contributed by atoms with Crippen molar-refractivity contribution in [2.24, 2.45) is 0 Å². The molecule has 2 N–H and O–H groups in total. The number of hydrogen-bond donors (Lipinski definition) is 1. The van der Waals surface area contributed by atoms with E-state index in [1.165, 1.54) is 6.33 Å². The Morgan fingerprint density at radius 1 is 1.59 bits per heavy atom. The molecule has 0 aromatic carbocycles. The maximum atomic E-state index is 6.12. The molecule has 17 heavy (non-hydrogen) atoms. The smallest absolute Gasteiger partial charge is 0.153 e. The minimum absolute atomic E-state index is 0.266. The zero-order valence-electron chi connectivity index (χ0n) is 9.90. The van der Waals surface area contributed by atoms with Crippen LogP contribution in [0.2, 0.25) is 5.02 Å². The maximum Gasteiger partial charge on any atom is 0.153 e. The predicted octanol–water partition coefficient (Wildman–Crippen LogP) is 1.72. The summed E-state index contributed by atoms with van der Waals surface area (Å²) >= 11 is 6.12. The molecule has 0 saturated carbocycles. The van der Waals surface area contributed by atoms with Gasteiger partial charge in [-0.05, 0) is 19.8 Å². The van der Waals surface area contributed by atoms with Gasteiger partial charge >= 0.3 is 0 Å². The fourth-order valence-electron chi connectivity index (χ4n) is 1.99. The van der Waals surface area contributed by atoms with Crippen molar-refractivity contribution in [2.45, 2.75) is 25.9 Å². The van der Waals surface area contributed by atoms with E-state index in [1.807, 2.05) is 0 Å². The number of anilines is 2. The van der Waals surface area contributed by atoms with Crippen molar-refractivity contribution in [3.8, 4) is 0 Å². The van der Waals surface area contributed by atoms with Crippen molar-refractivity contribution in [3.63, 3.8) is 0 Å². The van der Waals surface area contributed by atoms with E-state index in [4.69, 9.17) is 22.1 Å². The van der Waals surface area contributed by atoms with Crippen molar-refractivity contribution < 1.29 is 4.74 Å². The van der Waals surface area contributed by atoms with Gasteiger partial charge in [0.1, 0.15) is 17.2 Å². The SMILES string of the molecule is CCN(CC1CCCO1)c1ncnc(N)c1Cl. The zero-order valence-corrected chi connectivity index (χ0v) is 10.7. The van der Waals surface area contributed by atoms with E-state index in [9.17, 15) is 0 Å². The summed E-state index contributed by atoms with van der Waals surface area (Å²) in [5.41, 5.74) is 5.68. The van der Waals surface area contributed by atoms with E-state index in [-0.39, 0.29) is 6.10 Å². The van der Waals surface area contributed by atoms with Gasteiger partial charge in [0.2, 0.25) is 0 Å². The molecule has 1 atom stereocenters. The molecule has 0 aliphatic carbocycles. The number of aromatic nitrogens is 2. The first kappa shape index (κ1) is 12.4. The summed E-state index contributed by atoms with van der Waals surface area (Å²) in [6, 6.07) is 0. The van der Waals surface area contributed by atoms with Crippen LogP contribution in [-0.2, 0) is 4.74 Å². The Morgan fingerprint density at radius 2 is 2.41 bits per heavy atom. The number of ether oxygens (including phenoxy) is 1. The van der Waals surface area contributed by atoms with E-state index in [1.54, 1.807) is 0 Å². The molecule has 6 heteroatoms. The molecular weight excluding hydrogens is 240 g/mol. The summed E-state index contributed by atoms with van der Waals surface area (Å²) in [4.78, 5) is 10.1. The zero-order chi connectivity index (χ0) is 12.3. The molecule has 1 aliphatic rings. The normalized spacial score (nSPS) is 19.5. The first-order valence-electron chi connectivity index (χ1n) is 5.85. The van der Waals surface area contributed by atoms with Gasteiger partial charge in [-0.25, -0.2) is 9.97 Å². The molecular formula is C11H17ClN4O. The highest BCUT2D eigenvalue weighted by molar-refractivity contribution is 6.35. The Bertz CT molecular complexity index is 382. The van der Waals surface area contributed by atoms with Crippen LogP contribution in [0.15, 0.2) is 6.33 Å². The Labute approximate surface area is 106 Å². The van der Waals surface area contributed by atoms with Crippen LogP contribution in [0.1, 0.15) is 19.8 Å². The van der Waals surface area contributed by atoms with Crippen LogP contribution in [0, 0.1) is 0 Å². The van der Waals surface area contributed by atoms with Crippen LogP contribution in [0.3, 0.4) is 0 Å². The van der Waals surface area contributed by atoms with Gasteiger partial charge < -0.3 is 15.4 Å². The Balaban J connectivity index is 2.13. The lowest BCUT2D eigenvalue weighted by Gasteiger charge is -2.25. The predicted molar refractivity (Wildman–Crippen MR) is 68.3 cm³/mol. The van der Waals surface area contributed by atoms with E-state index in [2.05, 4.69) is 21.8 Å². The van der Waals surface area contributed by atoms with Gasteiger partial charge in [-0.3, -0.25) is 0 Å². The van der Waals surface area contributed by atoms with E-state index >= 15 is 0 Å². The lowest BCUT2D eigenvalue weighted by atomic mass is 10.2. The molecule has 0 amide bonds. The summed E-state index contributed by atoms with van der Waals surface area (Å²) in [5, 5.41) is 0.423. The summed E-state index contributed by atoms with van der Waals surface area (Å²) in [6.07, 6.45) is 3.92. The van der Waals surface area contributed by atoms with Crippen LogP contribution in [0.25, 0.3) is 0 Å². The van der Waals surface area contributed by atoms with Gasteiger partial charge in [0.05, 0.1) is 6.10 Å². The van der Waals surface area contributed by atoms with Gasteiger partial charge in [-0.2, -0.15) is 0 Å². The second-order valence-corrected chi connectivity index (χ2v) is 4.45. The molecule has 2 heterocycles. The van der Waals surface area contributed by atoms with Gasteiger partial charge in [-0.15, -0.1) is 0 Å². The molecule has 1 aliphatic heterocycles. The average Bonchev–Trinajstić information content (AvgIpc) is 2.83. The second kappa shape index (κ2) is 5.51. The van der Waals surface area contributed by atoms with Crippen molar-refractivity contribution in [3.05, 3.63) is 11.3 Å². The first-order chi connectivity index (χ1) is 8.22. The number of rotatable bonds is 4. The van der Waals surface area contributed by atoms with Crippen LogP contribution in [0.5, 0.6) is 0 Å². The van der Waals surface area contributed by atoms with Gasteiger partial charge in [0, 0.05) is 19.7 Å². The van der Waals surface area contributed by atoms with Gasteiger partial charge in [-0.1, -0.05) is 11.6 Å². The fourth-order valence-corrected chi connectivity index (χ4v) is 2.21. The lowest BCUT2D eigenvalue weighted by Crippen LogP contribution is -2.33. The molecule has 0 radical (unpaired) electrons. The summed E-state index contributed by atoms with van der Waals surface area (Å²) in [7, 11) is 0.